The van der Waals surface area contributed by atoms with Crippen molar-refractivity contribution in [1.82, 2.24) is 9.78 Å². The molecule has 20 heavy (non-hydrogen) atoms. The second-order valence-electron chi connectivity index (χ2n) is 4.08. The average molecular weight is 295 g/mol. The van der Waals surface area contributed by atoms with Crippen LogP contribution in [0.5, 0.6) is 0 Å². The summed E-state index contributed by atoms with van der Waals surface area (Å²) in [6, 6.07) is 6.20. The number of non-ortho nitro benzene ring substituents is 1. The van der Waals surface area contributed by atoms with Gasteiger partial charge in [-0.15, -0.1) is 0 Å². The van der Waals surface area contributed by atoms with Crippen molar-refractivity contribution >= 4 is 23.0 Å². The van der Waals surface area contributed by atoms with E-state index in [2.05, 4.69) is 10.4 Å². The third kappa shape index (κ3) is 2.94. The van der Waals surface area contributed by atoms with E-state index in [4.69, 9.17) is 11.6 Å². The molecule has 1 heterocycles. The Morgan fingerprint density at radius 1 is 1.50 bits per heavy atom. The summed E-state index contributed by atoms with van der Waals surface area (Å²) in [7, 11) is 1.50. The van der Waals surface area contributed by atoms with Crippen LogP contribution in [0.15, 0.2) is 35.3 Å². The molecule has 0 amide bonds. The molecule has 0 aliphatic rings. The van der Waals surface area contributed by atoms with Gasteiger partial charge in [0.2, 0.25) is 0 Å². The van der Waals surface area contributed by atoms with Crippen molar-refractivity contribution in [2.45, 2.75) is 6.54 Å². The van der Waals surface area contributed by atoms with Crippen molar-refractivity contribution in [2.75, 3.05) is 5.32 Å². The minimum absolute atomic E-state index is 0.0116. The van der Waals surface area contributed by atoms with Crippen LogP contribution in [0.1, 0.15) is 5.56 Å². The van der Waals surface area contributed by atoms with Crippen molar-refractivity contribution < 1.29 is 4.92 Å². The lowest BCUT2D eigenvalue weighted by Crippen LogP contribution is -2.21. The molecular formula is C12H11ClN4O3. The van der Waals surface area contributed by atoms with Gasteiger partial charge in [-0.3, -0.25) is 14.9 Å². The summed E-state index contributed by atoms with van der Waals surface area (Å²) in [5.41, 5.74) is 0.699. The van der Waals surface area contributed by atoms with Gasteiger partial charge in [0.15, 0.2) is 0 Å². The lowest BCUT2D eigenvalue weighted by atomic mass is 10.2. The third-order valence-electron chi connectivity index (χ3n) is 2.68. The first kappa shape index (κ1) is 14.0. The number of hydrogen-bond acceptors (Lipinski definition) is 5. The van der Waals surface area contributed by atoms with E-state index >= 15 is 0 Å². The third-order valence-corrected chi connectivity index (χ3v) is 3.05. The highest BCUT2D eigenvalue weighted by Gasteiger charge is 2.08. The molecule has 1 aromatic carbocycles. The Balaban J connectivity index is 2.17. The minimum atomic E-state index is -0.462. The maximum absolute atomic E-state index is 11.6. The molecule has 0 unspecified atom stereocenters. The first-order valence-electron chi connectivity index (χ1n) is 5.68. The number of nitrogens with one attached hydrogen (secondary N) is 1. The number of hydrogen-bond donors (Lipinski definition) is 1. The quantitative estimate of drug-likeness (QED) is 0.687. The van der Waals surface area contributed by atoms with Gasteiger partial charge in [0.25, 0.3) is 11.2 Å². The number of nitro benzene ring substituents is 1. The van der Waals surface area contributed by atoms with Crippen molar-refractivity contribution in [3.05, 3.63) is 61.5 Å². The van der Waals surface area contributed by atoms with Gasteiger partial charge >= 0.3 is 0 Å². The van der Waals surface area contributed by atoms with Gasteiger partial charge in [0.1, 0.15) is 5.02 Å². The molecule has 0 radical (unpaired) electrons. The molecule has 0 atom stereocenters. The zero-order chi connectivity index (χ0) is 14.7. The summed E-state index contributed by atoms with van der Waals surface area (Å²) in [5, 5.41) is 17.5. The summed E-state index contributed by atoms with van der Waals surface area (Å²) in [4.78, 5) is 21.8. The van der Waals surface area contributed by atoms with Crippen LogP contribution in [0.3, 0.4) is 0 Å². The van der Waals surface area contributed by atoms with Crippen LogP contribution in [-0.2, 0) is 13.6 Å². The Labute approximate surface area is 119 Å². The Morgan fingerprint density at radius 3 is 2.95 bits per heavy atom. The van der Waals surface area contributed by atoms with E-state index in [1.807, 2.05) is 0 Å². The second-order valence-corrected chi connectivity index (χ2v) is 4.46. The SMILES string of the molecule is Cn1ncc(NCc2cccc([N+](=O)[O-])c2)c(Cl)c1=O. The number of halogens is 1. The number of rotatable bonds is 4. The van der Waals surface area contributed by atoms with E-state index in [-0.39, 0.29) is 10.7 Å². The lowest BCUT2D eigenvalue weighted by molar-refractivity contribution is -0.384. The largest absolute Gasteiger partial charge is 0.378 e. The summed E-state index contributed by atoms with van der Waals surface area (Å²) < 4.78 is 1.13. The lowest BCUT2D eigenvalue weighted by Gasteiger charge is -2.08. The maximum Gasteiger partial charge on any atom is 0.287 e. The molecular weight excluding hydrogens is 284 g/mol. The maximum atomic E-state index is 11.6. The van der Waals surface area contributed by atoms with Gasteiger partial charge in [0, 0.05) is 25.7 Å². The Bertz CT molecular complexity index is 714. The smallest absolute Gasteiger partial charge is 0.287 e. The topological polar surface area (TPSA) is 90.1 Å². The fourth-order valence-corrected chi connectivity index (χ4v) is 1.85. The van der Waals surface area contributed by atoms with Crippen molar-refractivity contribution in [3.8, 4) is 0 Å². The number of nitro groups is 1. The fourth-order valence-electron chi connectivity index (χ4n) is 1.61. The van der Waals surface area contributed by atoms with Crippen LogP contribution < -0.4 is 10.9 Å². The first-order valence-corrected chi connectivity index (χ1v) is 6.06. The highest BCUT2D eigenvalue weighted by molar-refractivity contribution is 6.32. The Hall–Kier alpha value is -2.41. The Kier molecular flexibility index (Phi) is 3.99. The monoisotopic (exact) mass is 294 g/mol. The molecule has 2 aromatic rings. The van der Waals surface area contributed by atoms with E-state index in [0.29, 0.717) is 17.8 Å². The molecule has 0 saturated heterocycles. The van der Waals surface area contributed by atoms with Crippen LogP contribution in [0.2, 0.25) is 5.02 Å². The van der Waals surface area contributed by atoms with Crippen LogP contribution >= 0.6 is 11.6 Å². The van der Waals surface area contributed by atoms with Gasteiger partial charge in [-0.1, -0.05) is 23.7 Å². The molecule has 0 spiro atoms. The summed E-state index contributed by atoms with van der Waals surface area (Å²) >= 11 is 5.90. The molecule has 1 N–H and O–H groups in total. The van der Waals surface area contributed by atoms with Crippen LogP contribution in [0.4, 0.5) is 11.4 Å². The molecule has 7 nitrogen and oxygen atoms in total. The van der Waals surface area contributed by atoms with Gasteiger partial charge in [-0.05, 0) is 5.56 Å². The molecule has 1 aromatic heterocycles. The predicted octanol–water partition coefficient (Wildman–Crippen LogP) is 1.95. The second kappa shape index (κ2) is 5.70. The van der Waals surface area contributed by atoms with E-state index in [0.717, 1.165) is 4.68 Å². The van der Waals surface area contributed by atoms with Crippen molar-refractivity contribution in [2.24, 2.45) is 7.05 Å². The molecule has 0 fully saturated rings. The molecule has 2 rings (SSSR count). The van der Waals surface area contributed by atoms with Crippen LogP contribution in [0.25, 0.3) is 0 Å². The normalized spacial score (nSPS) is 10.3. The van der Waals surface area contributed by atoms with Crippen LogP contribution in [0, 0.1) is 10.1 Å². The van der Waals surface area contributed by atoms with E-state index < -0.39 is 10.5 Å². The van der Waals surface area contributed by atoms with E-state index in [1.54, 1.807) is 12.1 Å². The zero-order valence-electron chi connectivity index (χ0n) is 10.5. The number of aryl methyl sites for hydroxylation is 1. The highest BCUT2D eigenvalue weighted by atomic mass is 35.5. The highest BCUT2D eigenvalue weighted by Crippen LogP contribution is 2.18. The molecule has 104 valence electrons. The standard InChI is InChI=1S/C12H11ClN4O3/c1-16-12(18)11(13)10(7-15-16)14-6-8-3-2-4-9(5-8)17(19)20/h2-5,7,14H,6H2,1H3. The molecule has 8 heteroatoms. The summed E-state index contributed by atoms with van der Waals surface area (Å²) in [6.45, 7) is 0.302. The van der Waals surface area contributed by atoms with Gasteiger partial charge in [0.05, 0.1) is 16.8 Å². The van der Waals surface area contributed by atoms with E-state index in [1.165, 1.54) is 25.4 Å². The molecule has 0 saturated carbocycles. The summed E-state index contributed by atoms with van der Waals surface area (Å²) in [5.74, 6) is 0. The molecule has 0 bridgehead atoms. The average Bonchev–Trinajstić information content (AvgIpc) is 2.44. The van der Waals surface area contributed by atoms with Crippen molar-refractivity contribution in [3.63, 3.8) is 0 Å². The van der Waals surface area contributed by atoms with Gasteiger partial charge in [-0.25, -0.2) is 4.68 Å². The number of benzene rings is 1. The summed E-state index contributed by atoms with van der Waals surface area (Å²) in [6.07, 6.45) is 1.43. The Morgan fingerprint density at radius 2 is 2.25 bits per heavy atom. The zero-order valence-corrected chi connectivity index (χ0v) is 11.3. The van der Waals surface area contributed by atoms with Gasteiger partial charge in [-0.2, -0.15) is 5.10 Å². The molecule has 0 aliphatic carbocycles. The number of anilines is 1. The van der Waals surface area contributed by atoms with Crippen LogP contribution in [-0.4, -0.2) is 14.7 Å². The minimum Gasteiger partial charge on any atom is -0.378 e. The number of aromatic nitrogens is 2. The van der Waals surface area contributed by atoms with E-state index in [9.17, 15) is 14.9 Å². The fraction of sp³-hybridized carbons (Fsp3) is 0.167. The van der Waals surface area contributed by atoms with Crippen molar-refractivity contribution in [1.29, 1.82) is 0 Å². The first-order chi connectivity index (χ1) is 9.49. The molecule has 0 aliphatic heterocycles. The number of nitrogens with zero attached hydrogens (tertiary/aromatic N) is 3. The predicted molar refractivity (Wildman–Crippen MR) is 74.9 cm³/mol. The van der Waals surface area contributed by atoms with Gasteiger partial charge < -0.3 is 5.32 Å².